The predicted octanol–water partition coefficient (Wildman–Crippen LogP) is 4.20. The van der Waals surface area contributed by atoms with E-state index in [-0.39, 0.29) is 16.6 Å². The van der Waals surface area contributed by atoms with Crippen molar-refractivity contribution < 1.29 is 12.9 Å². The summed E-state index contributed by atoms with van der Waals surface area (Å²) in [5.74, 6) is 0.180. The number of halogens is 1. The van der Waals surface area contributed by atoms with Crippen molar-refractivity contribution in [3.05, 3.63) is 63.6 Å². The molecule has 0 radical (unpaired) electrons. The van der Waals surface area contributed by atoms with E-state index in [0.29, 0.717) is 10.2 Å². The Hall–Kier alpha value is -1.64. The number of rotatable bonds is 5. The second kappa shape index (κ2) is 6.46. The maximum absolute atomic E-state index is 13.0. The highest BCUT2D eigenvalue weighted by atomic mass is 79.9. The summed E-state index contributed by atoms with van der Waals surface area (Å²) in [5.41, 5.74) is 1.45. The molecule has 2 heterocycles. The number of nitrogens with zero attached hydrogens (tertiary/aromatic N) is 2. The van der Waals surface area contributed by atoms with Crippen molar-refractivity contribution in [3.8, 4) is 0 Å². The van der Waals surface area contributed by atoms with Crippen LogP contribution >= 0.6 is 27.3 Å². The molecule has 0 N–H and O–H groups in total. The van der Waals surface area contributed by atoms with Crippen LogP contribution in [0.2, 0.25) is 0 Å². The van der Waals surface area contributed by atoms with Gasteiger partial charge in [-0.3, -0.25) is 0 Å². The Morgan fingerprint density at radius 1 is 1.22 bits per heavy atom. The van der Waals surface area contributed by atoms with E-state index in [9.17, 15) is 8.42 Å². The Balaban J connectivity index is 2.09. The number of thiophene rings is 1. The van der Waals surface area contributed by atoms with Gasteiger partial charge in [-0.2, -0.15) is 0 Å². The summed E-state index contributed by atoms with van der Waals surface area (Å²) in [6.45, 7) is 1.91. The molecule has 120 valence electrons. The van der Waals surface area contributed by atoms with Crippen molar-refractivity contribution in [2.45, 2.75) is 17.7 Å². The third-order valence-electron chi connectivity index (χ3n) is 3.21. The summed E-state index contributed by atoms with van der Waals surface area (Å²) < 4.78 is 33.3. The van der Waals surface area contributed by atoms with Gasteiger partial charge >= 0.3 is 0 Å². The standard InChI is InChI=1S/C15H13BrN2O3S2/c1-11-14(16)15(21-17-11)18(10-12-6-3-2-4-7-12)23(19,20)13-8-5-9-22-13/h2-9H,10H2,1H3. The molecular weight excluding hydrogens is 400 g/mol. The molecule has 5 nitrogen and oxygen atoms in total. The van der Waals surface area contributed by atoms with E-state index >= 15 is 0 Å². The highest BCUT2D eigenvalue weighted by molar-refractivity contribution is 9.10. The SMILES string of the molecule is Cc1noc(N(Cc2ccccc2)S(=O)(=O)c2cccs2)c1Br. The van der Waals surface area contributed by atoms with E-state index in [2.05, 4.69) is 21.1 Å². The molecule has 2 aromatic heterocycles. The minimum atomic E-state index is -3.73. The van der Waals surface area contributed by atoms with E-state index in [0.717, 1.165) is 5.56 Å². The van der Waals surface area contributed by atoms with E-state index in [4.69, 9.17) is 4.52 Å². The Kier molecular flexibility index (Phi) is 4.56. The molecule has 3 aromatic rings. The van der Waals surface area contributed by atoms with E-state index in [1.165, 1.54) is 15.6 Å². The Labute approximate surface area is 146 Å². The van der Waals surface area contributed by atoms with Crippen LogP contribution in [-0.4, -0.2) is 13.6 Å². The van der Waals surface area contributed by atoms with Gasteiger partial charge < -0.3 is 4.52 Å². The molecular formula is C15H13BrN2O3S2. The van der Waals surface area contributed by atoms with Gasteiger partial charge in [-0.15, -0.1) is 11.3 Å². The first-order valence-electron chi connectivity index (χ1n) is 6.72. The van der Waals surface area contributed by atoms with Crippen LogP contribution in [-0.2, 0) is 16.6 Å². The zero-order valence-corrected chi connectivity index (χ0v) is 15.4. The van der Waals surface area contributed by atoms with E-state index < -0.39 is 10.0 Å². The fraction of sp³-hybridized carbons (Fsp3) is 0.133. The summed E-state index contributed by atoms with van der Waals surface area (Å²) in [6.07, 6.45) is 0. The van der Waals surface area contributed by atoms with Crippen LogP contribution in [0.4, 0.5) is 5.88 Å². The average molecular weight is 413 g/mol. The lowest BCUT2D eigenvalue weighted by molar-refractivity contribution is 0.418. The van der Waals surface area contributed by atoms with Gasteiger partial charge in [0, 0.05) is 0 Å². The lowest BCUT2D eigenvalue weighted by atomic mass is 10.2. The Morgan fingerprint density at radius 3 is 2.52 bits per heavy atom. The number of benzene rings is 1. The summed E-state index contributed by atoms with van der Waals surface area (Å²) >= 11 is 4.53. The van der Waals surface area contributed by atoms with Gasteiger partial charge in [-0.05, 0) is 39.9 Å². The molecule has 1 aromatic carbocycles. The van der Waals surface area contributed by atoms with Crippen molar-refractivity contribution >= 4 is 43.2 Å². The first-order valence-corrected chi connectivity index (χ1v) is 9.83. The van der Waals surface area contributed by atoms with Crippen LogP contribution < -0.4 is 4.31 Å². The lowest BCUT2D eigenvalue weighted by Gasteiger charge is -2.21. The number of aryl methyl sites for hydroxylation is 1. The van der Waals surface area contributed by atoms with Gasteiger partial charge in [0.25, 0.3) is 15.9 Å². The van der Waals surface area contributed by atoms with E-state index in [1.54, 1.807) is 24.4 Å². The van der Waals surface area contributed by atoms with Crippen molar-refractivity contribution in [1.82, 2.24) is 5.16 Å². The minimum absolute atomic E-state index is 0.161. The minimum Gasteiger partial charge on any atom is -0.336 e. The second-order valence-electron chi connectivity index (χ2n) is 4.82. The lowest BCUT2D eigenvalue weighted by Crippen LogP contribution is -2.30. The second-order valence-corrected chi connectivity index (χ2v) is 8.65. The van der Waals surface area contributed by atoms with Crippen molar-refractivity contribution in [1.29, 1.82) is 0 Å². The Bertz CT molecular complexity index is 890. The molecule has 3 rings (SSSR count). The van der Waals surface area contributed by atoms with E-state index in [1.807, 2.05) is 30.3 Å². The molecule has 0 amide bonds. The largest absolute Gasteiger partial charge is 0.336 e. The first-order chi connectivity index (χ1) is 11.0. The molecule has 0 atom stereocenters. The molecule has 0 saturated heterocycles. The zero-order valence-electron chi connectivity index (χ0n) is 12.1. The zero-order chi connectivity index (χ0) is 16.4. The van der Waals surface area contributed by atoms with Gasteiger partial charge in [0.2, 0.25) is 0 Å². The smallest absolute Gasteiger partial charge is 0.276 e. The molecule has 23 heavy (non-hydrogen) atoms. The first kappa shape index (κ1) is 16.2. The van der Waals surface area contributed by atoms with Crippen molar-refractivity contribution in [2.75, 3.05) is 4.31 Å². The summed E-state index contributed by atoms with van der Waals surface area (Å²) in [5, 5.41) is 5.58. The molecule has 0 aliphatic carbocycles. The third kappa shape index (κ3) is 3.19. The summed E-state index contributed by atoms with van der Waals surface area (Å²) in [4.78, 5) is 0. The highest BCUT2D eigenvalue weighted by Crippen LogP contribution is 2.35. The van der Waals surface area contributed by atoms with Crippen LogP contribution in [0.15, 0.2) is 61.0 Å². The molecule has 0 bridgehead atoms. The maximum atomic E-state index is 13.0. The quantitative estimate of drug-likeness (QED) is 0.629. The van der Waals surface area contributed by atoms with Gasteiger partial charge in [0.15, 0.2) is 0 Å². The van der Waals surface area contributed by atoms with Crippen LogP contribution in [0.25, 0.3) is 0 Å². The van der Waals surface area contributed by atoms with Crippen LogP contribution in [0.3, 0.4) is 0 Å². The molecule has 0 unspecified atom stereocenters. The van der Waals surface area contributed by atoms with Gasteiger partial charge in [-0.1, -0.05) is 41.6 Å². The van der Waals surface area contributed by atoms with Crippen molar-refractivity contribution in [3.63, 3.8) is 0 Å². The number of hydrogen-bond acceptors (Lipinski definition) is 5. The maximum Gasteiger partial charge on any atom is 0.276 e. The van der Waals surface area contributed by atoms with Crippen LogP contribution in [0, 0.1) is 6.92 Å². The van der Waals surface area contributed by atoms with Crippen LogP contribution in [0.5, 0.6) is 0 Å². The molecule has 8 heteroatoms. The van der Waals surface area contributed by atoms with Crippen molar-refractivity contribution in [2.24, 2.45) is 0 Å². The predicted molar refractivity (Wildman–Crippen MR) is 93.1 cm³/mol. The fourth-order valence-electron chi connectivity index (χ4n) is 2.04. The van der Waals surface area contributed by atoms with Gasteiger partial charge in [0.1, 0.15) is 8.68 Å². The third-order valence-corrected chi connectivity index (χ3v) is 7.22. The molecule has 0 aliphatic rings. The summed E-state index contributed by atoms with van der Waals surface area (Å²) in [6, 6.07) is 12.6. The normalized spacial score (nSPS) is 11.6. The molecule has 0 saturated carbocycles. The number of aromatic nitrogens is 1. The topological polar surface area (TPSA) is 63.4 Å². The highest BCUT2D eigenvalue weighted by Gasteiger charge is 2.31. The number of anilines is 1. The summed E-state index contributed by atoms with van der Waals surface area (Å²) in [7, 11) is -3.73. The van der Waals surface area contributed by atoms with Crippen LogP contribution in [0.1, 0.15) is 11.3 Å². The average Bonchev–Trinajstić information content (AvgIpc) is 3.18. The Morgan fingerprint density at radius 2 is 1.96 bits per heavy atom. The number of hydrogen-bond donors (Lipinski definition) is 0. The molecule has 0 fully saturated rings. The number of sulfonamides is 1. The monoisotopic (exact) mass is 412 g/mol. The molecule has 0 spiro atoms. The van der Waals surface area contributed by atoms with Gasteiger partial charge in [0.05, 0.1) is 12.2 Å². The van der Waals surface area contributed by atoms with Gasteiger partial charge in [-0.25, -0.2) is 12.7 Å². The fourth-order valence-corrected chi connectivity index (χ4v) is 5.01. The molecule has 0 aliphatic heterocycles.